The molecule has 9 heteroatoms. The molecule has 8 nitrogen and oxygen atoms in total. The number of rotatable bonds is 8. The minimum atomic E-state index is -0.572. The highest BCUT2D eigenvalue weighted by molar-refractivity contribution is 5.84. The van der Waals surface area contributed by atoms with Crippen molar-refractivity contribution in [2.75, 3.05) is 27.9 Å². The van der Waals surface area contributed by atoms with Crippen LogP contribution in [0.1, 0.15) is 5.56 Å². The van der Waals surface area contributed by atoms with E-state index in [2.05, 4.69) is 10.9 Å². The van der Waals surface area contributed by atoms with Crippen LogP contribution in [-0.4, -0.2) is 39.8 Å². The van der Waals surface area contributed by atoms with E-state index in [1.54, 1.807) is 12.1 Å². The number of carbonyl (C=O) groups excluding carboxylic acids is 2. The Balaban J connectivity index is 1.88. The van der Waals surface area contributed by atoms with Crippen LogP contribution in [0.4, 0.5) is 4.39 Å². The molecule has 2 N–H and O–H groups in total. The van der Waals surface area contributed by atoms with E-state index in [1.165, 1.54) is 45.6 Å². The highest BCUT2D eigenvalue weighted by atomic mass is 19.1. The number of halogens is 1. The number of benzene rings is 2. The number of hydrogen-bond donors (Lipinski definition) is 2. The number of methoxy groups -OCH3 is 3. The Morgan fingerprint density at radius 1 is 0.857 bits per heavy atom. The first-order valence-corrected chi connectivity index (χ1v) is 8.22. The fourth-order valence-corrected chi connectivity index (χ4v) is 2.37. The predicted octanol–water partition coefficient (Wildman–Crippen LogP) is 1.62. The minimum absolute atomic E-state index is 0.0668. The lowest BCUT2D eigenvalue weighted by atomic mass is 10.1. The van der Waals surface area contributed by atoms with Gasteiger partial charge in [-0.15, -0.1) is 0 Å². The Morgan fingerprint density at radius 3 is 2.11 bits per heavy atom. The van der Waals surface area contributed by atoms with E-state index in [0.29, 0.717) is 28.6 Å². The molecule has 0 heterocycles. The van der Waals surface area contributed by atoms with Crippen molar-refractivity contribution in [2.24, 2.45) is 0 Å². The van der Waals surface area contributed by atoms with Crippen molar-refractivity contribution >= 4 is 11.8 Å². The molecule has 0 aliphatic carbocycles. The molecule has 150 valence electrons. The van der Waals surface area contributed by atoms with Gasteiger partial charge in [0.1, 0.15) is 11.6 Å². The molecule has 2 amide bonds. The molecule has 0 bridgehead atoms. The minimum Gasteiger partial charge on any atom is -0.493 e. The van der Waals surface area contributed by atoms with E-state index in [4.69, 9.17) is 18.9 Å². The average molecular weight is 392 g/mol. The normalized spacial score (nSPS) is 10.0. The van der Waals surface area contributed by atoms with Crippen molar-refractivity contribution in [3.63, 3.8) is 0 Å². The molecule has 0 radical (unpaired) electrons. The van der Waals surface area contributed by atoms with Gasteiger partial charge >= 0.3 is 0 Å². The highest BCUT2D eigenvalue weighted by Crippen LogP contribution is 2.39. The lowest BCUT2D eigenvalue weighted by Crippen LogP contribution is -2.44. The van der Waals surface area contributed by atoms with Crippen LogP contribution in [-0.2, 0) is 16.0 Å². The summed E-state index contributed by atoms with van der Waals surface area (Å²) in [6.45, 7) is -0.342. The van der Waals surface area contributed by atoms with Crippen LogP contribution in [0.5, 0.6) is 23.0 Å². The molecule has 0 saturated heterocycles. The number of hydrazine groups is 1. The zero-order chi connectivity index (χ0) is 20.5. The zero-order valence-corrected chi connectivity index (χ0v) is 15.7. The zero-order valence-electron chi connectivity index (χ0n) is 15.7. The second kappa shape index (κ2) is 10.0. The smallest absolute Gasteiger partial charge is 0.276 e. The lowest BCUT2D eigenvalue weighted by Gasteiger charge is -2.15. The molecule has 0 saturated carbocycles. The fraction of sp³-hybridized carbons (Fsp3) is 0.263. The molecule has 2 aromatic rings. The molecular weight excluding hydrogens is 371 g/mol. The summed E-state index contributed by atoms with van der Waals surface area (Å²) >= 11 is 0. The largest absolute Gasteiger partial charge is 0.493 e. The summed E-state index contributed by atoms with van der Waals surface area (Å²) < 4.78 is 33.8. The van der Waals surface area contributed by atoms with Gasteiger partial charge in [0.15, 0.2) is 18.1 Å². The topological polar surface area (TPSA) is 95.1 Å². The summed E-state index contributed by atoms with van der Waals surface area (Å²) in [5.74, 6) is 0.0787. The average Bonchev–Trinajstić information content (AvgIpc) is 2.71. The molecule has 0 fully saturated rings. The molecular formula is C19H21FN2O6. The van der Waals surface area contributed by atoms with Gasteiger partial charge in [-0.3, -0.25) is 20.4 Å². The first-order valence-electron chi connectivity index (χ1n) is 8.22. The molecule has 28 heavy (non-hydrogen) atoms. The third-order valence-corrected chi connectivity index (χ3v) is 3.66. The summed E-state index contributed by atoms with van der Waals surface area (Å²) in [6, 6.07) is 8.53. The highest BCUT2D eigenvalue weighted by Gasteiger charge is 2.18. The maximum atomic E-state index is 12.8. The maximum Gasteiger partial charge on any atom is 0.276 e. The summed E-state index contributed by atoms with van der Waals surface area (Å²) in [4.78, 5) is 23.9. The van der Waals surface area contributed by atoms with Gasteiger partial charge in [0.25, 0.3) is 5.91 Å². The number of ether oxygens (including phenoxy) is 4. The van der Waals surface area contributed by atoms with Crippen LogP contribution in [0, 0.1) is 5.82 Å². The summed E-state index contributed by atoms with van der Waals surface area (Å²) in [5.41, 5.74) is 5.08. The van der Waals surface area contributed by atoms with E-state index < -0.39 is 17.6 Å². The second-order valence-corrected chi connectivity index (χ2v) is 5.51. The van der Waals surface area contributed by atoms with E-state index in [1.807, 2.05) is 0 Å². The van der Waals surface area contributed by atoms with Gasteiger partial charge in [0, 0.05) is 5.56 Å². The Labute approximate surface area is 161 Å². The van der Waals surface area contributed by atoms with Crippen LogP contribution in [0.25, 0.3) is 0 Å². The van der Waals surface area contributed by atoms with Gasteiger partial charge < -0.3 is 18.9 Å². The molecule has 2 rings (SSSR count). The van der Waals surface area contributed by atoms with Crippen molar-refractivity contribution in [1.82, 2.24) is 10.9 Å². The summed E-state index contributed by atoms with van der Waals surface area (Å²) in [6.07, 6.45) is -0.0668. The van der Waals surface area contributed by atoms with Gasteiger partial charge in [-0.05, 0) is 30.3 Å². The van der Waals surface area contributed by atoms with E-state index in [0.717, 1.165) is 0 Å². The van der Waals surface area contributed by atoms with E-state index >= 15 is 0 Å². The van der Waals surface area contributed by atoms with Crippen LogP contribution >= 0.6 is 0 Å². The first kappa shape index (κ1) is 20.8. The van der Waals surface area contributed by atoms with Gasteiger partial charge in [-0.25, -0.2) is 4.39 Å². The van der Waals surface area contributed by atoms with E-state index in [-0.39, 0.29) is 13.0 Å². The van der Waals surface area contributed by atoms with E-state index in [9.17, 15) is 14.0 Å². The third-order valence-electron chi connectivity index (χ3n) is 3.66. The van der Waals surface area contributed by atoms with Crippen LogP contribution in [0.2, 0.25) is 0 Å². The van der Waals surface area contributed by atoms with Gasteiger partial charge in [0.2, 0.25) is 11.7 Å². The summed E-state index contributed by atoms with van der Waals surface area (Å²) in [7, 11) is 4.41. The monoisotopic (exact) mass is 392 g/mol. The van der Waals surface area contributed by atoms with Gasteiger partial charge in [-0.1, -0.05) is 6.07 Å². The number of carbonyl (C=O) groups is 2. The maximum absolute atomic E-state index is 12.8. The Hall–Kier alpha value is -3.49. The molecule has 0 aliphatic heterocycles. The van der Waals surface area contributed by atoms with Crippen molar-refractivity contribution in [2.45, 2.75) is 6.42 Å². The number of nitrogens with one attached hydrogen (secondary N) is 2. The van der Waals surface area contributed by atoms with Gasteiger partial charge in [-0.2, -0.15) is 0 Å². The first-order chi connectivity index (χ1) is 13.5. The molecule has 0 spiro atoms. The number of amides is 2. The van der Waals surface area contributed by atoms with Crippen LogP contribution < -0.4 is 29.8 Å². The van der Waals surface area contributed by atoms with Crippen LogP contribution in [0.15, 0.2) is 36.4 Å². The summed E-state index contributed by atoms with van der Waals surface area (Å²) in [5, 5.41) is 0. The lowest BCUT2D eigenvalue weighted by molar-refractivity contribution is -0.129. The Morgan fingerprint density at radius 2 is 1.50 bits per heavy atom. The fourth-order valence-electron chi connectivity index (χ4n) is 2.37. The third kappa shape index (κ3) is 5.50. The standard InChI is InChI=1S/C19H21FN2O6/c1-25-15-9-4-12(18(26-2)19(15)27-3)10-16(23)21-22-17(24)11-28-14-7-5-13(20)6-8-14/h4-9H,10-11H2,1-3H3,(H,21,23)(H,22,24). The Kier molecular flexibility index (Phi) is 7.44. The van der Waals surface area contributed by atoms with Crippen LogP contribution in [0.3, 0.4) is 0 Å². The van der Waals surface area contributed by atoms with Crippen molar-refractivity contribution in [3.05, 3.63) is 47.8 Å². The van der Waals surface area contributed by atoms with Gasteiger partial charge in [0.05, 0.1) is 27.8 Å². The molecule has 2 aromatic carbocycles. The molecule has 0 aromatic heterocycles. The molecule has 0 aliphatic rings. The van der Waals surface area contributed by atoms with Crippen molar-refractivity contribution in [3.8, 4) is 23.0 Å². The van der Waals surface area contributed by atoms with Crippen molar-refractivity contribution < 1.29 is 32.9 Å². The number of hydrogen-bond acceptors (Lipinski definition) is 6. The quantitative estimate of drug-likeness (QED) is 0.663. The molecule has 0 atom stereocenters. The SMILES string of the molecule is COc1ccc(CC(=O)NNC(=O)COc2ccc(F)cc2)c(OC)c1OC. The Bertz CT molecular complexity index is 826. The van der Waals surface area contributed by atoms with Crippen molar-refractivity contribution in [1.29, 1.82) is 0 Å². The predicted molar refractivity (Wildman–Crippen MR) is 98.0 cm³/mol. The second-order valence-electron chi connectivity index (χ2n) is 5.51. The molecule has 0 unspecified atom stereocenters.